The molecule has 3 aromatic rings. The number of ether oxygens (including phenoxy) is 2. The number of carbonyl (C=O) groups is 1. The SMILES string of the molecule is COc1ccc2nc3c(cc2c1)Cn1c-3cc2c(c1=O)COC(=O)[C@H]2O. The molecule has 1 N–H and O–H groups in total. The van der Waals surface area contributed by atoms with Gasteiger partial charge in [-0.25, -0.2) is 9.78 Å². The van der Waals surface area contributed by atoms with Crippen LogP contribution in [0.3, 0.4) is 0 Å². The van der Waals surface area contributed by atoms with Gasteiger partial charge in [0.2, 0.25) is 0 Å². The van der Waals surface area contributed by atoms with Crippen molar-refractivity contribution in [3.8, 4) is 17.1 Å². The summed E-state index contributed by atoms with van der Waals surface area (Å²) in [6, 6.07) is 9.26. The number of aliphatic hydroxyl groups excluding tert-OH is 1. The van der Waals surface area contributed by atoms with Crippen LogP contribution < -0.4 is 10.3 Å². The predicted molar refractivity (Wildman–Crippen MR) is 91.8 cm³/mol. The van der Waals surface area contributed by atoms with Gasteiger partial charge in [-0.1, -0.05) is 0 Å². The zero-order chi connectivity index (χ0) is 18.0. The number of methoxy groups -OCH3 is 1. The quantitative estimate of drug-likeness (QED) is 0.524. The van der Waals surface area contributed by atoms with Crippen molar-refractivity contribution in [3.05, 3.63) is 57.4 Å². The summed E-state index contributed by atoms with van der Waals surface area (Å²) in [6.07, 6.45) is -1.44. The van der Waals surface area contributed by atoms with Crippen molar-refractivity contribution in [2.75, 3.05) is 7.11 Å². The molecule has 0 spiro atoms. The maximum absolute atomic E-state index is 12.8. The number of hydrogen-bond acceptors (Lipinski definition) is 6. The lowest BCUT2D eigenvalue weighted by molar-refractivity contribution is -0.157. The Balaban J connectivity index is 1.75. The molecule has 0 saturated carbocycles. The van der Waals surface area contributed by atoms with Crippen LogP contribution >= 0.6 is 0 Å². The van der Waals surface area contributed by atoms with Crippen molar-refractivity contribution in [1.29, 1.82) is 0 Å². The number of nitrogens with zero attached hydrogens (tertiary/aromatic N) is 2. The monoisotopic (exact) mass is 350 g/mol. The molecule has 2 aromatic heterocycles. The summed E-state index contributed by atoms with van der Waals surface area (Å²) in [5, 5.41) is 11.0. The molecule has 4 heterocycles. The van der Waals surface area contributed by atoms with Gasteiger partial charge >= 0.3 is 5.97 Å². The predicted octanol–water partition coefficient (Wildman–Crippen LogP) is 1.52. The third kappa shape index (κ3) is 1.94. The summed E-state index contributed by atoms with van der Waals surface area (Å²) < 4.78 is 11.8. The zero-order valence-corrected chi connectivity index (χ0v) is 13.9. The largest absolute Gasteiger partial charge is 0.497 e. The van der Waals surface area contributed by atoms with E-state index in [-0.39, 0.29) is 12.2 Å². The van der Waals surface area contributed by atoms with Gasteiger partial charge in [-0.15, -0.1) is 0 Å². The molecule has 0 saturated heterocycles. The van der Waals surface area contributed by atoms with E-state index in [0.29, 0.717) is 29.1 Å². The minimum Gasteiger partial charge on any atom is -0.497 e. The summed E-state index contributed by atoms with van der Waals surface area (Å²) in [6.45, 7) is 0.272. The molecule has 1 aromatic carbocycles. The number of esters is 1. The van der Waals surface area contributed by atoms with E-state index in [1.165, 1.54) is 0 Å². The molecule has 0 radical (unpaired) electrons. The Bertz CT molecular complexity index is 1160. The number of aliphatic hydroxyl groups is 1. The van der Waals surface area contributed by atoms with Gasteiger partial charge in [-0.2, -0.15) is 0 Å². The molecule has 0 aliphatic carbocycles. The van der Waals surface area contributed by atoms with Crippen LogP contribution in [0.2, 0.25) is 0 Å². The molecule has 5 rings (SSSR count). The molecule has 26 heavy (non-hydrogen) atoms. The molecular weight excluding hydrogens is 336 g/mol. The summed E-state index contributed by atoms with van der Waals surface area (Å²) in [5.74, 6) is -0.000174. The summed E-state index contributed by atoms with van der Waals surface area (Å²) in [5.41, 5.74) is 3.35. The van der Waals surface area contributed by atoms with Crippen LogP contribution in [-0.2, 0) is 22.7 Å². The Morgan fingerprint density at radius 3 is 2.92 bits per heavy atom. The highest BCUT2D eigenvalue weighted by atomic mass is 16.5. The lowest BCUT2D eigenvalue weighted by atomic mass is 10.0. The van der Waals surface area contributed by atoms with E-state index in [0.717, 1.165) is 22.2 Å². The second-order valence-electron chi connectivity index (χ2n) is 6.42. The zero-order valence-electron chi connectivity index (χ0n) is 13.9. The van der Waals surface area contributed by atoms with Crippen LogP contribution in [0.1, 0.15) is 22.8 Å². The highest BCUT2D eigenvalue weighted by Gasteiger charge is 2.33. The summed E-state index contributed by atoms with van der Waals surface area (Å²) >= 11 is 0. The molecule has 7 heteroatoms. The maximum atomic E-state index is 12.8. The Labute approximate surface area is 147 Å². The van der Waals surface area contributed by atoms with Crippen LogP contribution in [0.25, 0.3) is 22.3 Å². The maximum Gasteiger partial charge on any atom is 0.340 e. The second kappa shape index (κ2) is 5.15. The standard InChI is InChI=1S/C19H14N2O5/c1-25-11-2-3-14-9(5-11)4-10-7-21-15(16(10)20-14)6-12-13(18(21)23)8-26-19(24)17(12)22/h2-6,17,22H,7-8H2,1H3/t17-/m0/s1. The van der Waals surface area contributed by atoms with Gasteiger partial charge in [-0.3, -0.25) is 4.79 Å². The van der Waals surface area contributed by atoms with E-state index in [1.807, 2.05) is 24.3 Å². The molecule has 2 aliphatic heterocycles. The number of carbonyl (C=O) groups excluding carboxylic acids is 1. The van der Waals surface area contributed by atoms with Crippen molar-refractivity contribution in [1.82, 2.24) is 9.55 Å². The average Bonchev–Trinajstić information content (AvgIpc) is 3.01. The van der Waals surface area contributed by atoms with Gasteiger partial charge in [0.1, 0.15) is 12.4 Å². The van der Waals surface area contributed by atoms with Crippen molar-refractivity contribution >= 4 is 16.9 Å². The Morgan fingerprint density at radius 1 is 1.27 bits per heavy atom. The van der Waals surface area contributed by atoms with Gasteiger partial charge < -0.3 is 19.1 Å². The van der Waals surface area contributed by atoms with Gasteiger partial charge in [0.25, 0.3) is 5.56 Å². The third-order valence-electron chi connectivity index (χ3n) is 4.98. The first-order chi connectivity index (χ1) is 12.6. The second-order valence-corrected chi connectivity index (χ2v) is 6.42. The fraction of sp³-hybridized carbons (Fsp3) is 0.211. The molecule has 2 aliphatic rings. The fourth-order valence-electron chi connectivity index (χ4n) is 3.64. The molecular formula is C19H14N2O5. The van der Waals surface area contributed by atoms with E-state index in [1.54, 1.807) is 17.7 Å². The fourth-order valence-corrected chi connectivity index (χ4v) is 3.64. The van der Waals surface area contributed by atoms with Crippen LogP contribution in [-0.4, -0.2) is 27.7 Å². The normalized spacial score (nSPS) is 17.5. The number of rotatable bonds is 1. The lowest BCUT2D eigenvalue weighted by Crippen LogP contribution is -2.32. The van der Waals surface area contributed by atoms with Crippen LogP contribution in [0.5, 0.6) is 5.75 Å². The van der Waals surface area contributed by atoms with Crippen molar-refractivity contribution in [3.63, 3.8) is 0 Å². The minimum atomic E-state index is -1.44. The van der Waals surface area contributed by atoms with Gasteiger partial charge in [0.05, 0.1) is 36.1 Å². The third-order valence-corrected chi connectivity index (χ3v) is 4.98. The van der Waals surface area contributed by atoms with Crippen LogP contribution in [0, 0.1) is 0 Å². The first-order valence-corrected chi connectivity index (χ1v) is 8.16. The van der Waals surface area contributed by atoms with Crippen LogP contribution in [0.15, 0.2) is 35.1 Å². The minimum absolute atomic E-state index is 0.118. The number of hydrogen-bond donors (Lipinski definition) is 1. The summed E-state index contributed by atoms with van der Waals surface area (Å²) in [4.78, 5) is 29.2. The van der Waals surface area contributed by atoms with Crippen molar-refractivity contribution < 1.29 is 19.4 Å². The smallest absolute Gasteiger partial charge is 0.340 e. The van der Waals surface area contributed by atoms with E-state index in [9.17, 15) is 14.7 Å². The van der Waals surface area contributed by atoms with Gasteiger partial charge in [0.15, 0.2) is 6.10 Å². The van der Waals surface area contributed by atoms with Gasteiger partial charge in [0, 0.05) is 16.5 Å². The number of aromatic nitrogens is 2. The topological polar surface area (TPSA) is 90.7 Å². The Kier molecular flexibility index (Phi) is 2.99. The molecule has 1 atom stereocenters. The van der Waals surface area contributed by atoms with Gasteiger partial charge in [-0.05, 0) is 30.3 Å². The molecule has 7 nitrogen and oxygen atoms in total. The Hall–Kier alpha value is -3.19. The number of benzene rings is 1. The first kappa shape index (κ1) is 15.1. The van der Waals surface area contributed by atoms with E-state index in [2.05, 4.69) is 0 Å². The van der Waals surface area contributed by atoms with Crippen molar-refractivity contribution in [2.24, 2.45) is 0 Å². The molecule has 0 bridgehead atoms. The summed E-state index contributed by atoms with van der Waals surface area (Å²) in [7, 11) is 1.61. The average molecular weight is 350 g/mol. The highest BCUT2D eigenvalue weighted by Crippen LogP contribution is 2.35. The lowest BCUT2D eigenvalue weighted by Gasteiger charge is -2.21. The van der Waals surface area contributed by atoms with E-state index >= 15 is 0 Å². The van der Waals surface area contributed by atoms with Crippen molar-refractivity contribution in [2.45, 2.75) is 19.3 Å². The Morgan fingerprint density at radius 2 is 2.12 bits per heavy atom. The number of pyridine rings is 2. The molecule has 0 amide bonds. The molecule has 0 unspecified atom stereocenters. The van der Waals surface area contributed by atoms with E-state index < -0.39 is 12.1 Å². The highest BCUT2D eigenvalue weighted by molar-refractivity contribution is 5.85. The first-order valence-electron chi connectivity index (χ1n) is 8.16. The number of fused-ring (bicyclic) bond motifs is 5. The molecule has 130 valence electrons. The number of cyclic esters (lactones) is 1. The van der Waals surface area contributed by atoms with Crippen LogP contribution in [0.4, 0.5) is 0 Å². The van der Waals surface area contributed by atoms with E-state index in [4.69, 9.17) is 14.5 Å². The molecule has 0 fully saturated rings.